The van der Waals surface area contributed by atoms with Gasteiger partial charge in [-0.15, -0.1) is 0 Å². The number of anilines is 1. The summed E-state index contributed by atoms with van der Waals surface area (Å²) in [4.78, 5) is 11.7. The third-order valence-corrected chi connectivity index (χ3v) is 3.34. The summed E-state index contributed by atoms with van der Waals surface area (Å²) in [6, 6.07) is 0. The Kier molecular flexibility index (Phi) is 4.17. The fourth-order valence-corrected chi connectivity index (χ4v) is 2.26. The van der Waals surface area contributed by atoms with Gasteiger partial charge in [-0.2, -0.15) is 0 Å². The Morgan fingerprint density at radius 1 is 1.11 bits per heavy atom. The van der Waals surface area contributed by atoms with Crippen molar-refractivity contribution in [2.75, 3.05) is 31.1 Å². The van der Waals surface area contributed by atoms with Crippen LogP contribution in [0.5, 0.6) is 0 Å². The van der Waals surface area contributed by atoms with Crippen molar-refractivity contribution in [1.82, 2.24) is 15.3 Å². The molecule has 0 atom stereocenters. The van der Waals surface area contributed by atoms with Crippen LogP contribution in [0.1, 0.15) is 51.0 Å². The molecule has 0 saturated carbocycles. The molecule has 1 aromatic heterocycles. The molecule has 1 N–H and O–H groups in total. The van der Waals surface area contributed by atoms with Gasteiger partial charge in [0, 0.05) is 32.1 Å². The van der Waals surface area contributed by atoms with Gasteiger partial charge in [-0.3, -0.25) is 0 Å². The molecule has 1 aliphatic heterocycles. The Bertz CT molecular complexity index is 395. The standard InChI is InChI=1S/C14H24N4/c1-10(2)13-12(18-7-5-15-6-8-18)9-16-14(17-13)11(3)4/h9-11,15H,5-8H2,1-4H3. The first-order valence-electron chi connectivity index (χ1n) is 6.92. The van der Waals surface area contributed by atoms with Gasteiger partial charge in [-0.05, 0) is 5.92 Å². The van der Waals surface area contributed by atoms with Crippen molar-refractivity contribution >= 4 is 5.69 Å². The summed E-state index contributed by atoms with van der Waals surface area (Å²) in [6.07, 6.45) is 2.02. The van der Waals surface area contributed by atoms with Crippen molar-refractivity contribution in [3.8, 4) is 0 Å². The largest absolute Gasteiger partial charge is 0.366 e. The van der Waals surface area contributed by atoms with Crippen LogP contribution in [0.3, 0.4) is 0 Å². The van der Waals surface area contributed by atoms with Crippen molar-refractivity contribution in [2.45, 2.75) is 39.5 Å². The van der Waals surface area contributed by atoms with Crippen molar-refractivity contribution in [2.24, 2.45) is 0 Å². The quantitative estimate of drug-likeness (QED) is 0.889. The highest BCUT2D eigenvalue weighted by atomic mass is 15.2. The van der Waals surface area contributed by atoms with E-state index >= 15 is 0 Å². The maximum Gasteiger partial charge on any atom is 0.131 e. The van der Waals surface area contributed by atoms with Gasteiger partial charge in [0.15, 0.2) is 0 Å². The average Bonchev–Trinajstić information content (AvgIpc) is 2.39. The topological polar surface area (TPSA) is 41.1 Å². The van der Waals surface area contributed by atoms with Crippen LogP contribution >= 0.6 is 0 Å². The Morgan fingerprint density at radius 3 is 2.33 bits per heavy atom. The summed E-state index contributed by atoms with van der Waals surface area (Å²) in [5, 5.41) is 3.38. The molecular formula is C14H24N4. The van der Waals surface area contributed by atoms with Gasteiger partial charge in [-0.25, -0.2) is 9.97 Å². The molecular weight excluding hydrogens is 224 g/mol. The highest BCUT2D eigenvalue weighted by molar-refractivity contribution is 5.51. The van der Waals surface area contributed by atoms with Gasteiger partial charge in [0.05, 0.1) is 17.6 Å². The Labute approximate surface area is 110 Å². The zero-order chi connectivity index (χ0) is 13.1. The van der Waals surface area contributed by atoms with Gasteiger partial charge in [0.25, 0.3) is 0 Å². The smallest absolute Gasteiger partial charge is 0.131 e. The first-order valence-corrected chi connectivity index (χ1v) is 6.92. The zero-order valence-electron chi connectivity index (χ0n) is 11.9. The molecule has 1 saturated heterocycles. The van der Waals surface area contributed by atoms with E-state index in [0.29, 0.717) is 11.8 Å². The molecule has 18 heavy (non-hydrogen) atoms. The first-order chi connectivity index (χ1) is 8.59. The fourth-order valence-electron chi connectivity index (χ4n) is 2.26. The van der Waals surface area contributed by atoms with E-state index in [1.54, 1.807) is 0 Å². The summed E-state index contributed by atoms with van der Waals surface area (Å²) in [5.74, 6) is 1.78. The van der Waals surface area contributed by atoms with Crippen molar-refractivity contribution in [3.63, 3.8) is 0 Å². The van der Waals surface area contributed by atoms with Crippen molar-refractivity contribution in [3.05, 3.63) is 17.7 Å². The second-order valence-electron chi connectivity index (χ2n) is 5.55. The van der Waals surface area contributed by atoms with Crippen LogP contribution in [0.4, 0.5) is 5.69 Å². The SMILES string of the molecule is CC(C)c1ncc(N2CCNCC2)c(C(C)C)n1. The van der Waals surface area contributed by atoms with E-state index in [4.69, 9.17) is 4.98 Å². The van der Waals surface area contributed by atoms with E-state index in [1.807, 2.05) is 6.20 Å². The van der Waals surface area contributed by atoms with Crippen LogP contribution in [0.2, 0.25) is 0 Å². The van der Waals surface area contributed by atoms with Crippen molar-refractivity contribution < 1.29 is 0 Å². The van der Waals surface area contributed by atoms with E-state index < -0.39 is 0 Å². The second-order valence-corrected chi connectivity index (χ2v) is 5.55. The highest BCUT2D eigenvalue weighted by Crippen LogP contribution is 2.26. The van der Waals surface area contributed by atoms with E-state index in [1.165, 1.54) is 11.4 Å². The molecule has 1 fully saturated rings. The Morgan fingerprint density at radius 2 is 1.78 bits per heavy atom. The van der Waals surface area contributed by atoms with Crippen molar-refractivity contribution in [1.29, 1.82) is 0 Å². The van der Waals surface area contributed by atoms with E-state index in [9.17, 15) is 0 Å². The summed E-state index contributed by atoms with van der Waals surface area (Å²) >= 11 is 0. The molecule has 0 spiro atoms. The summed E-state index contributed by atoms with van der Waals surface area (Å²) in [6.45, 7) is 12.9. The lowest BCUT2D eigenvalue weighted by Gasteiger charge is -2.31. The molecule has 0 radical (unpaired) electrons. The normalized spacial score (nSPS) is 16.7. The lowest BCUT2D eigenvalue weighted by atomic mass is 10.1. The lowest BCUT2D eigenvalue weighted by molar-refractivity contribution is 0.582. The third kappa shape index (κ3) is 2.80. The minimum Gasteiger partial charge on any atom is -0.366 e. The first kappa shape index (κ1) is 13.3. The number of nitrogens with one attached hydrogen (secondary N) is 1. The molecule has 4 heteroatoms. The zero-order valence-corrected chi connectivity index (χ0v) is 11.9. The van der Waals surface area contributed by atoms with Gasteiger partial charge in [0.2, 0.25) is 0 Å². The molecule has 0 unspecified atom stereocenters. The molecule has 0 bridgehead atoms. The number of hydrogen-bond donors (Lipinski definition) is 1. The van der Waals surface area contributed by atoms with Crippen LogP contribution in [0.15, 0.2) is 6.20 Å². The monoisotopic (exact) mass is 248 g/mol. The van der Waals surface area contributed by atoms with Gasteiger partial charge < -0.3 is 10.2 Å². The summed E-state index contributed by atoms with van der Waals surface area (Å²) < 4.78 is 0. The van der Waals surface area contributed by atoms with Gasteiger partial charge in [-0.1, -0.05) is 27.7 Å². The van der Waals surface area contributed by atoms with Gasteiger partial charge >= 0.3 is 0 Å². The maximum absolute atomic E-state index is 4.77. The summed E-state index contributed by atoms with van der Waals surface area (Å²) in [7, 11) is 0. The predicted molar refractivity (Wildman–Crippen MR) is 75.3 cm³/mol. The number of nitrogens with zero attached hydrogens (tertiary/aromatic N) is 3. The molecule has 1 aliphatic rings. The van der Waals surface area contributed by atoms with Crippen LogP contribution in [-0.2, 0) is 0 Å². The fraction of sp³-hybridized carbons (Fsp3) is 0.714. The molecule has 2 rings (SSSR count). The molecule has 2 heterocycles. The van der Waals surface area contributed by atoms with E-state index in [0.717, 1.165) is 32.0 Å². The number of hydrogen-bond acceptors (Lipinski definition) is 4. The lowest BCUT2D eigenvalue weighted by Crippen LogP contribution is -2.44. The predicted octanol–water partition coefficient (Wildman–Crippen LogP) is 2.13. The minimum atomic E-state index is 0.388. The van der Waals surface area contributed by atoms with Crippen LogP contribution < -0.4 is 10.2 Å². The average molecular weight is 248 g/mol. The highest BCUT2D eigenvalue weighted by Gasteiger charge is 2.18. The second kappa shape index (κ2) is 5.65. The number of aromatic nitrogens is 2. The minimum absolute atomic E-state index is 0.388. The summed E-state index contributed by atoms with van der Waals surface area (Å²) in [5.41, 5.74) is 2.41. The maximum atomic E-state index is 4.77. The van der Waals surface area contributed by atoms with Gasteiger partial charge in [0.1, 0.15) is 5.82 Å². The van der Waals surface area contributed by atoms with E-state index in [2.05, 4.69) is 42.9 Å². The molecule has 4 nitrogen and oxygen atoms in total. The molecule has 0 aliphatic carbocycles. The number of piperazine rings is 1. The molecule has 100 valence electrons. The molecule has 1 aromatic rings. The molecule has 0 aromatic carbocycles. The third-order valence-electron chi connectivity index (χ3n) is 3.34. The van der Waals surface area contributed by atoms with Crippen LogP contribution in [0, 0.1) is 0 Å². The number of rotatable bonds is 3. The Balaban J connectivity index is 2.33. The van der Waals surface area contributed by atoms with Crippen LogP contribution in [-0.4, -0.2) is 36.1 Å². The van der Waals surface area contributed by atoms with Crippen LogP contribution in [0.25, 0.3) is 0 Å². The molecule has 0 amide bonds. The Hall–Kier alpha value is -1.16. The van der Waals surface area contributed by atoms with E-state index in [-0.39, 0.29) is 0 Å².